The van der Waals surface area contributed by atoms with Gasteiger partial charge in [-0.15, -0.1) is 0 Å². The first-order valence-electron chi connectivity index (χ1n) is 7.90. The van der Waals surface area contributed by atoms with E-state index in [2.05, 4.69) is 22.9 Å². The normalized spacial score (nSPS) is 29.2. The minimum Gasteiger partial charge on any atom is -0.326 e. The summed E-state index contributed by atoms with van der Waals surface area (Å²) in [6, 6.07) is 7.15. The summed E-state index contributed by atoms with van der Waals surface area (Å²) in [5.41, 5.74) is 0.679. The molecule has 118 valence electrons. The van der Waals surface area contributed by atoms with Gasteiger partial charge in [0.25, 0.3) is 5.91 Å². The van der Waals surface area contributed by atoms with E-state index in [0.29, 0.717) is 12.1 Å². The average molecular weight is 368 g/mol. The van der Waals surface area contributed by atoms with Gasteiger partial charge in [0.15, 0.2) is 6.04 Å². The number of imide groups is 1. The van der Waals surface area contributed by atoms with Gasteiger partial charge in [-0.3, -0.25) is 9.59 Å². The van der Waals surface area contributed by atoms with Gasteiger partial charge in [0.1, 0.15) is 26.2 Å². The van der Waals surface area contributed by atoms with Crippen LogP contribution in [0, 0.1) is 0 Å². The Hall–Kier alpha value is -1.24. The number of carbonyl (C=O) groups excluding carboxylic acids is 2. The average Bonchev–Trinajstić information content (AvgIpc) is 2.83. The van der Waals surface area contributed by atoms with Gasteiger partial charge in [0, 0.05) is 4.47 Å². The highest BCUT2D eigenvalue weighted by Gasteiger charge is 2.46. The maximum Gasteiger partial charge on any atom is 0.292 e. The van der Waals surface area contributed by atoms with Crippen molar-refractivity contribution in [2.24, 2.45) is 0 Å². The molecule has 2 aliphatic rings. The zero-order valence-corrected chi connectivity index (χ0v) is 14.4. The van der Waals surface area contributed by atoms with Crippen LogP contribution in [0.4, 0.5) is 5.69 Å². The van der Waals surface area contributed by atoms with Gasteiger partial charge in [0.2, 0.25) is 5.91 Å². The SMILES string of the molecule is CC[NH+]1CC[NH+]([C@H]2CC(=O)N(c3ccc(Br)cc3)C2=O)CC1. The smallest absolute Gasteiger partial charge is 0.292 e. The Morgan fingerprint density at radius 2 is 1.77 bits per heavy atom. The molecular formula is C16H22BrN3O2+2. The van der Waals surface area contributed by atoms with Crippen LogP contribution in [0.25, 0.3) is 0 Å². The van der Waals surface area contributed by atoms with Gasteiger partial charge < -0.3 is 9.80 Å². The molecule has 1 aromatic rings. The lowest BCUT2D eigenvalue weighted by Crippen LogP contribution is -3.29. The minimum atomic E-state index is -0.199. The summed E-state index contributed by atoms with van der Waals surface area (Å²) in [7, 11) is 0. The molecule has 3 rings (SSSR count). The van der Waals surface area contributed by atoms with Crippen molar-refractivity contribution in [3.63, 3.8) is 0 Å². The standard InChI is InChI=1S/C16H20BrN3O2/c1-2-18-7-9-19(10-8-18)14-11-15(21)20(16(14)22)13-5-3-12(17)4-6-13/h3-6,14H,2,7-11H2,1H3/p+2/t14-/m0/s1. The van der Waals surface area contributed by atoms with Crippen molar-refractivity contribution >= 4 is 33.4 Å². The summed E-state index contributed by atoms with van der Waals surface area (Å²) in [6.07, 6.45) is 0.339. The van der Waals surface area contributed by atoms with E-state index < -0.39 is 0 Å². The number of amides is 2. The predicted molar refractivity (Wildman–Crippen MR) is 87.0 cm³/mol. The molecule has 5 nitrogen and oxygen atoms in total. The third-order valence-corrected chi connectivity index (χ3v) is 5.35. The fourth-order valence-corrected chi connectivity index (χ4v) is 3.70. The number of piperazine rings is 1. The number of anilines is 1. The lowest BCUT2D eigenvalue weighted by molar-refractivity contribution is -1.02. The number of hydrogen-bond donors (Lipinski definition) is 2. The lowest BCUT2D eigenvalue weighted by atomic mass is 10.1. The molecule has 0 aliphatic carbocycles. The molecule has 22 heavy (non-hydrogen) atoms. The number of nitrogens with one attached hydrogen (secondary N) is 2. The van der Waals surface area contributed by atoms with Crippen molar-refractivity contribution < 1.29 is 19.4 Å². The minimum absolute atomic E-state index is 0.0396. The van der Waals surface area contributed by atoms with Crippen molar-refractivity contribution in [1.82, 2.24) is 0 Å². The van der Waals surface area contributed by atoms with Crippen LogP contribution < -0.4 is 14.7 Å². The van der Waals surface area contributed by atoms with E-state index in [0.717, 1.165) is 37.2 Å². The van der Waals surface area contributed by atoms with Crippen LogP contribution in [-0.4, -0.2) is 50.6 Å². The summed E-state index contributed by atoms with van der Waals surface area (Å²) in [4.78, 5) is 29.3. The first-order valence-corrected chi connectivity index (χ1v) is 8.70. The maximum absolute atomic E-state index is 12.7. The first-order chi connectivity index (χ1) is 10.6. The molecule has 0 bridgehead atoms. The van der Waals surface area contributed by atoms with Crippen LogP contribution in [0.5, 0.6) is 0 Å². The molecule has 2 amide bonds. The summed E-state index contributed by atoms with van der Waals surface area (Å²) in [5, 5.41) is 0. The molecular weight excluding hydrogens is 346 g/mol. The molecule has 2 heterocycles. The van der Waals surface area contributed by atoms with Crippen LogP contribution in [0.3, 0.4) is 0 Å². The van der Waals surface area contributed by atoms with Crippen LogP contribution in [0.15, 0.2) is 28.7 Å². The number of nitrogens with zero attached hydrogens (tertiary/aromatic N) is 1. The topological polar surface area (TPSA) is 46.3 Å². The van der Waals surface area contributed by atoms with Crippen molar-refractivity contribution in [1.29, 1.82) is 0 Å². The van der Waals surface area contributed by atoms with Crippen molar-refractivity contribution in [2.45, 2.75) is 19.4 Å². The summed E-state index contributed by atoms with van der Waals surface area (Å²) < 4.78 is 0.941. The second-order valence-corrected chi connectivity index (χ2v) is 6.98. The van der Waals surface area contributed by atoms with Gasteiger partial charge in [-0.25, -0.2) is 4.90 Å². The monoisotopic (exact) mass is 367 g/mol. The second kappa shape index (κ2) is 6.48. The predicted octanol–water partition coefficient (Wildman–Crippen LogP) is -1.12. The fraction of sp³-hybridized carbons (Fsp3) is 0.500. The summed E-state index contributed by atoms with van der Waals surface area (Å²) in [5.74, 6) is -0.114. The van der Waals surface area contributed by atoms with Crippen molar-refractivity contribution in [3.05, 3.63) is 28.7 Å². The van der Waals surface area contributed by atoms with Crippen LogP contribution >= 0.6 is 15.9 Å². The quantitative estimate of drug-likeness (QED) is 0.665. The number of quaternary nitrogens is 2. The third kappa shape index (κ3) is 2.95. The lowest BCUT2D eigenvalue weighted by Gasteiger charge is -2.31. The Labute approximate surface area is 139 Å². The number of benzene rings is 1. The third-order valence-electron chi connectivity index (χ3n) is 4.82. The van der Waals surface area contributed by atoms with E-state index in [4.69, 9.17) is 0 Å². The highest BCUT2D eigenvalue weighted by atomic mass is 79.9. The molecule has 2 saturated heterocycles. The molecule has 2 N–H and O–H groups in total. The Morgan fingerprint density at radius 1 is 1.14 bits per heavy atom. The van der Waals surface area contributed by atoms with Gasteiger partial charge in [-0.1, -0.05) is 15.9 Å². The molecule has 2 aliphatic heterocycles. The largest absolute Gasteiger partial charge is 0.326 e. The van der Waals surface area contributed by atoms with E-state index in [1.54, 1.807) is 4.90 Å². The number of rotatable bonds is 3. The Kier molecular flexibility index (Phi) is 4.61. The number of halogens is 1. The molecule has 1 atom stereocenters. The fourth-order valence-electron chi connectivity index (χ4n) is 3.44. The van der Waals surface area contributed by atoms with Gasteiger partial charge >= 0.3 is 0 Å². The highest BCUT2D eigenvalue weighted by Crippen LogP contribution is 2.23. The molecule has 0 saturated carbocycles. The Morgan fingerprint density at radius 3 is 2.36 bits per heavy atom. The summed E-state index contributed by atoms with van der Waals surface area (Å²) >= 11 is 3.38. The molecule has 6 heteroatoms. The number of hydrogen-bond acceptors (Lipinski definition) is 2. The Bertz CT molecular complexity index is 567. The van der Waals surface area contributed by atoms with E-state index >= 15 is 0 Å². The van der Waals surface area contributed by atoms with E-state index in [-0.39, 0.29) is 17.9 Å². The van der Waals surface area contributed by atoms with Crippen LogP contribution in [0.2, 0.25) is 0 Å². The van der Waals surface area contributed by atoms with Crippen LogP contribution in [-0.2, 0) is 9.59 Å². The first kappa shape index (κ1) is 15.6. The second-order valence-electron chi connectivity index (χ2n) is 6.06. The molecule has 1 aromatic carbocycles. The van der Waals surface area contributed by atoms with Crippen molar-refractivity contribution in [2.75, 3.05) is 37.6 Å². The molecule has 0 radical (unpaired) electrons. The molecule has 2 fully saturated rings. The maximum atomic E-state index is 12.7. The van der Waals surface area contributed by atoms with Gasteiger partial charge in [-0.2, -0.15) is 0 Å². The molecule has 0 spiro atoms. The van der Waals surface area contributed by atoms with E-state index in [1.165, 1.54) is 9.80 Å². The zero-order valence-electron chi connectivity index (χ0n) is 12.8. The van der Waals surface area contributed by atoms with Crippen LogP contribution in [0.1, 0.15) is 13.3 Å². The Balaban J connectivity index is 1.73. The van der Waals surface area contributed by atoms with Crippen molar-refractivity contribution in [3.8, 4) is 0 Å². The number of likely N-dealkylation sites (N-methyl/N-ethyl adjacent to an activating group) is 1. The van der Waals surface area contributed by atoms with E-state index in [9.17, 15) is 9.59 Å². The zero-order chi connectivity index (χ0) is 15.7. The molecule has 0 aromatic heterocycles. The number of carbonyl (C=O) groups is 2. The molecule has 0 unspecified atom stereocenters. The van der Waals surface area contributed by atoms with Gasteiger partial charge in [0.05, 0.1) is 18.7 Å². The van der Waals surface area contributed by atoms with Gasteiger partial charge in [-0.05, 0) is 31.2 Å². The summed E-state index contributed by atoms with van der Waals surface area (Å²) in [6.45, 7) is 7.45. The van der Waals surface area contributed by atoms with E-state index in [1.807, 2.05) is 24.3 Å². The highest BCUT2D eigenvalue weighted by molar-refractivity contribution is 9.10.